The molecule has 3 rings (SSSR count). The Balaban J connectivity index is 1.82. The van der Waals surface area contributed by atoms with Crippen molar-refractivity contribution in [2.75, 3.05) is 0 Å². The van der Waals surface area contributed by atoms with Gasteiger partial charge in [0.2, 0.25) is 0 Å². The molecule has 2 aromatic carbocycles. The second-order valence-electron chi connectivity index (χ2n) is 5.23. The van der Waals surface area contributed by atoms with Crippen LogP contribution in [0, 0.1) is 5.92 Å². The third kappa shape index (κ3) is 2.77. The molecule has 0 heterocycles. The highest BCUT2D eigenvalue weighted by atomic mass is 79.9. The Labute approximate surface area is 132 Å². The van der Waals surface area contributed by atoms with Gasteiger partial charge in [0, 0.05) is 9.50 Å². The highest BCUT2D eigenvalue weighted by Gasteiger charge is 2.44. The van der Waals surface area contributed by atoms with Crippen molar-refractivity contribution >= 4 is 27.5 Å². The van der Waals surface area contributed by atoms with Crippen LogP contribution >= 0.6 is 27.5 Å². The summed E-state index contributed by atoms with van der Waals surface area (Å²) in [4.78, 5) is 0. The molecule has 1 aliphatic carbocycles. The minimum atomic E-state index is 0.0980. The van der Waals surface area contributed by atoms with Crippen LogP contribution in [0.1, 0.15) is 29.5 Å². The molecule has 0 aromatic heterocycles. The summed E-state index contributed by atoms with van der Waals surface area (Å²) in [5.41, 5.74) is 5.39. The number of nitrogens with two attached hydrogens (primary N) is 1. The SMILES string of the molecule is NNC(c1ccc(Br)cc1Cl)C1CC1c1ccccc1. The number of hydrazine groups is 1. The highest BCUT2D eigenvalue weighted by Crippen LogP contribution is 2.54. The van der Waals surface area contributed by atoms with E-state index in [1.807, 2.05) is 24.3 Å². The lowest BCUT2D eigenvalue weighted by Crippen LogP contribution is -2.30. The summed E-state index contributed by atoms with van der Waals surface area (Å²) < 4.78 is 0.984. The van der Waals surface area contributed by atoms with Crippen LogP contribution in [0.4, 0.5) is 0 Å². The maximum absolute atomic E-state index is 6.34. The van der Waals surface area contributed by atoms with Gasteiger partial charge < -0.3 is 0 Å². The van der Waals surface area contributed by atoms with Crippen LogP contribution in [-0.2, 0) is 0 Å². The van der Waals surface area contributed by atoms with E-state index in [4.69, 9.17) is 17.4 Å². The Morgan fingerprint density at radius 3 is 2.60 bits per heavy atom. The molecule has 0 aliphatic heterocycles. The average Bonchev–Trinajstić information content (AvgIpc) is 3.23. The van der Waals surface area contributed by atoms with Crippen molar-refractivity contribution in [2.24, 2.45) is 11.8 Å². The topological polar surface area (TPSA) is 38.0 Å². The molecule has 0 spiro atoms. The average molecular weight is 352 g/mol. The lowest BCUT2D eigenvalue weighted by Gasteiger charge is -2.18. The Morgan fingerprint density at radius 1 is 1.20 bits per heavy atom. The summed E-state index contributed by atoms with van der Waals surface area (Å²) in [5.74, 6) is 6.84. The molecule has 0 amide bonds. The van der Waals surface area contributed by atoms with Gasteiger partial charge in [0.15, 0.2) is 0 Å². The van der Waals surface area contributed by atoms with Crippen LogP contribution in [0.25, 0.3) is 0 Å². The van der Waals surface area contributed by atoms with Gasteiger partial charge in [0.05, 0.1) is 6.04 Å². The van der Waals surface area contributed by atoms with Crippen molar-refractivity contribution in [1.29, 1.82) is 0 Å². The molecule has 3 atom stereocenters. The largest absolute Gasteiger partial charge is 0.271 e. The summed E-state index contributed by atoms with van der Waals surface area (Å²) in [6.07, 6.45) is 1.14. The molecule has 0 saturated heterocycles. The fourth-order valence-corrected chi connectivity index (χ4v) is 3.66. The second kappa shape index (κ2) is 5.86. The Hall–Kier alpha value is -0.870. The number of nitrogens with one attached hydrogen (secondary N) is 1. The van der Waals surface area contributed by atoms with E-state index >= 15 is 0 Å². The van der Waals surface area contributed by atoms with Crippen molar-refractivity contribution in [1.82, 2.24) is 5.43 Å². The van der Waals surface area contributed by atoms with Gasteiger partial charge in [-0.05, 0) is 41.5 Å². The van der Waals surface area contributed by atoms with Crippen LogP contribution < -0.4 is 11.3 Å². The molecule has 1 saturated carbocycles. The first-order valence-electron chi connectivity index (χ1n) is 6.66. The fourth-order valence-electron chi connectivity index (χ4n) is 2.86. The summed E-state index contributed by atoms with van der Waals surface area (Å²) in [7, 11) is 0. The predicted molar refractivity (Wildman–Crippen MR) is 86.5 cm³/mol. The van der Waals surface area contributed by atoms with Crippen molar-refractivity contribution in [3.8, 4) is 0 Å². The van der Waals surface area contributed by atoms with Crippen molar-refractivity contribution in [2.45, 2.75) is 18.4 Å². The normalized spacial score (nSPS) is 22.6. The lowest BCUT2D eigenvalue weighted by molar-refractivity contribution is 0.487. The number of rotatable bonds is 4. The van der Waals surface area contributed by atoms with Gasteiger partial charge in [0.25, 0.3) is 0 Å². The third-order valence-corrected chi connectivity index (χ3v) is 4.79. The molecule has 1 fully saturated rings. The molecule has 3 N–H and O–H groups in total. The molecule has 104 valence electrons. The summed E-state index contributed by atoms with van der Waals surface area (Å²) in [5, 5.41) is 0.751. The zero-order valence-corrected chi connectivity index (χ0v) is 13.2. The maximum atomic E-state index is 6.34. The van der Waals surface area contributed by atoms with Gasteiger partial charge in [-0.15, -0.1) is 0 Å². The zero-order chi connectivity index (χ0) is 14.1. The van der Waals surface area contributed by atoms with Crippen LogP contribution in [0.5, 0.6) is 0 Å². The molecule has 0 bridgehead atoms. The summed E-state index contributed by atoms with van der Waals surface area (Å²) >= 11 is 9.78. The monoisotopic (exact) mass is 350 g/mol. The van der Waals surface area contributed by atoms with Crippen LogP contribution in [-0.4, -0.2) is 0 Å². The summed E-state index contributed by atoms with van der Waals surface area (Å²) in [6.45, 7) is 0. The van der Waals surface area contributed by atoms with E-state index in [-0.39, 0.29) is 6.04 Å². The zero-order valence-electron chi connectivity index (χ0n) is 10.9. The van der Waals surface area contributed by atoms with Crippen molar-refractivity contribution in [3.63, 3.8) is 0 Å². The smallest absolute Gasteiger partial charge is 0.0508 e. The maximum Gasteiger partial charge on any atom is 0.0508 e. The Bertz CT molecular complexity index is 603. The van der Waals surface area contributed by atoms with E-state index in [2.05, 4.69) is 45.6 Å². The first-order chi connectivity index (χ1) is 9.70. The number of halogens is 2. The Kier molecular flexibility index (Phi) is 4.13. The molecule has 0 radical (unpaired) electrons. The fraction of sp³-hybridized carbons (Fsp3) is 0.250. The van der Waals surface area contributed by atoms with Gasteiger partial charge >= 0.3 is 0 Å². The quantitative estimate of drug-likeness (QED) is 0.632. The minimum Gasteiger partial charge on any atom is -0.271 e. The molecule has 20 heavy (non-hydrogen) atoms. The summed E-state index contributed by atoms with van der Waals surface area (Å²) in [6, 6.07) is 16.6. The number of hydrogen-bond acceptors (Lipinski definition) is 2. The molecule has 3 unspecified atom stereocenters. The van der Waals surface area contributed by atoms with Crippen LogP contribution in [0.3, 0.4) is 0 Å². The second-order valence-corrected chi connectivity index (χ2v) is 6.55. The van der Waals surface area contributed by atoms with Gasteiger partial charge in [0.1, 0.15) is 0 Å². The Morgan fingerprint density at radius 2 is 1.95 bits per heavy atom. The van der Waals surface area contributed by atoms with Gasteiger partial charge in [-0.1, -0.05) is 63.9 Å². The van der Waals surface area contributed by atoms with Crippen molar-refractivity contribution in [3.05, 3.63) is 69.2 Å². The molecule has 2 nitrogen and oxygen atoms in total. The van der Waals surface area contributed by atoms with Crippen LogP contribution in [0.2, 0.25) is 5.02 Å². The van der Waals surface area contributed by atoms with Gasteiger partial charge in [-0.25, -0.2) is 0 Å². The molecule has 1 aliphatic rings. The first kappa shape index (κ1) is 14.1. The highest BCUT2D eigenvalue weighted by molar-refractivity contribution is 9.10. The van der Waals surface area contributed by atoms with E-state index in [1.165, 1.54) is 5.56 Å². The van der Waals surface area contributed by atoms with E-state index < -0.39 is 0 Å². The molecule has 2 aromatic rings. The molecular formula is C16H16BrClN2. The van der Waals surface area contributed by atoms with Crippen LogP contribution in [0.15, 0.2) is 53.0 Å². The number of benzene rings is 2. The van der Waals surface area contributed by atoms with Gasteiger partial charge in [-0.2, -0.15) is 0 Å². The van der Waals surface area contributed by atoms with E-state index in [1.54, 1.807) is 0 Å². The van der Waals surface area contributed by atoms with E-state index in [9.17, 15) is 0 Å². The number of hydrogen-bond donors (Lipinski definition) is 2. The van der Waals surface area contributed by atoms with Gasteiger partial charge in [-0.3, -0.25) is 11.3 Å². The standard InChI is InChI=1S/C16H16BrClN2/c17-11-6-7-12(15(18)8-11)16(20-19)14-9-13(14)10-4-2-1-3-5-10/h1-8,13-14,16,20H,9,19H2. The lowest BCUT2D eigenvalue weighted by atomic mass is 9.99. The molecule has 4 heteroatoms. The first-order valence-corrected chi connectivity index (χ1v) is 7.84. The predicted octanol–water partition coefficient (Wildman–Crippen LogP) is 4.41. The minimum absolute atomic E-state index is 0.0980. The van der Waals surface area contributed by atoms with E-state index in [0.29, 0.717) is 11.8 Å². The van der Waals surface area contributed by atoms with E-state index in [0.717, 1.165) is 21.5 Å². The third-order valence-electron chi connectivity index (χ3n) is 3.97. The molecular weight excluding hydrogens is 336 g/mol. The van der Waals surface area contributed by atoms with Crippen molar-refractivity contribution < 1.29 is 0 Å².